The largest absolute Gasteiger partial charge is 0.336 e. The normalized spacial score (nSPS) is 19.0. The number of hydrogen-bond donors (Lipinski definition) is 1. The molecule has 5 nitrogen and oxygen atoms in total. The molecule has 2 aromatic heterocycles. The highest BCUT2D eigenvalue weighted by Crippen LogP contribution is 2.32. The highest BCUT2D eigenvalue weighted by molar-refractivity contribution is 5.93. The minimum atomic E-state index is -0.0180. The van der Waals surface area contributed by atoms with E-state index in [1.54, 1.807) is 6.20 Å². The zero-order chi connectivity index (χ0) is 16.5. The topological polar surface area (TPSA) is 63.6 Å². The van der Waals surface area contributed by atoms with Gasteiger partial charge in [-0.05, 0) is 30.2 Å². The fraction of sp³-hybridized carbons (Fsp3) is 0.263. The molecule has 1 aliphatic heterocycles. The molecule has 1 aliphatic rings. The van der Waals surface area contributed by atoms with Gasteiger partial charge in [-0.25, -0.2) is 4.98 Å². The van der Waals surface area contributed by atoms with Crippen molar-refractivity contribution in [3.05, 3.63) is 72.2 Å². The van der Waals surface area contributed by atoms with Crippen LogP contribution in [0.5, 0.6) is 0 Å². The molecular formula is C19H22Cl2N4O. The summed E-state index contributed by atoms with van der Waals surface area (Å²) >= 11 is 0. The molecule has 2 atom stereocenters. The number of carbonyl (C=O) groups is 1. The minimum Gasteiger partial charge on any atom is -0.336 e. The number of aromatic nitrogens is 2. The summed E-state index contributed by atoms with van der Waals surface area (Å²) in [7, 11) is 0. The van der Waals surface area contributed by atoms with Gasteiger partial charge in [-0.3, -0.25) is 4.79 Å². The molecular weight excluding hydrogens is 371 g/mol. The van der Waals surface area contributed by atoms with Crippen LogP contribution in [0.2, 0.25) is 0 Å². The number of fused-ring (bicyclic) bond motifs is 1. The quantitative estimate of drug-likeness (QED) is 0.744. The Bertz CT molecular complexity index is 835. The van der Waals surface area contributed by atoms with Crippen LogP contribution in [0.3, 0.4) is 0 Å². The lowest BCUT2D eigenvalue weighted by atomic mass is 9.89. The lowest BCUT2D eigenvalue weighted by molar-refractivity contribution is 0.0781. The number of nitrogens with two attached hydrogens (primary N) is 1. The van der Waals surface area contributed by atoms with Crippen molar-refractivity contribution in [3.8, 4) is 0 Å². The molecule has 0 unspecified atom stereocenters. The van der Waals surface area contributed by atoms with Crippen molar-refractivity contribution in [2.24, 2.45) is 11.7 Å². The molecule has 138 valence electrons. The summed E-state index contributed by atoms with van der Waals surface area (Å²) in [5.41, 5.74) is 8.49. The van der Waals surface area contributed by atoms with Crippen LogP contribution >= 0.6 is 24.8 Å². The second-order valence-electron chi connectivity index (χ2n) is 6.32. The highest BCUT2D eigenvalue weighted by atomic mass is 35.5. The van der Waals surface area contributed by atoms with Gasteiger partial charge in [0.2, 0.25) is 0 Å². The molecule has 3 aromatic rings. The van der Waals surface area contributed by atoms with E-state index in [4.69, 9.17) is 5.73 Å². The van der Waals surface area contributed by atoms with E-state index in [0.29, 0.717) is 25.3 Å². The van der Waals surface area contributed by atoms with Crippen molar-refractivity contribution in [2.45, 2.75) is 5.92 Å². The van der Waals surface area contributed by atoms with Crippen LogP contribution in [0.4, 0.5) is 0 Å². The first-order valence-electron chi connectivity index (χ1n) is 8.24. The SMILES string of the molecule is Cl.Cl.NC[C@@H]1CN(C(=O)c2cn3ccccc3n2)C[C@H]1c1ccccc1. The first kappa shape index (κ1) is 20.2. The van der Waals surface area contributed by atoms with Crippen LogP contribution in [-0.4, -0.2) is 39.8 Å². The molecule has 1 saturated heterocycles. The van der Waals surface area contributed by atoms with Gasteiger partial charge in [0.25, 0.3) is 5.91 Å². The number of nitrogens with zero attached hydrogens (tertiary/aromatic N) is 3. The standard InChI is InChI=1S/C19H20N4O.2ClH/c20-10-15-11-23(12-16(15)14-6-2-1-3-7-14)19(24)17-13-22-9-5-4-8-18(22)21-17;;/h1-9,13,15-16H,10-12,20H2;2*1H/t15-,16+;;/m1../s1. The zero-order valence-corrected chi connectivity index (χ0v) is 15.8. The van der Waals surface area contributed by atoms with Gasteiger partial charge in [0.1, 0.15) is 11.3 Å². The molecule has 3 heterocycles. The number of pyridine rings is 1. The minimum absolute atomic E-state index is 0. The number of amides is 1. The Morgan fingerprint density at radius 1 is 1.08 bits per heavy atom. The first-order chi connectivity index (χ1) is 11.8. The second-order valence-corrected chi connectivity index (χ2v) is 6.32. The van der Waals surface area contributed by atoms with E-state index in [1.165, 1.54) is 5.56 Å². The monoisotopic (exact) mass is 392 g/mol. The van der Waals surface area contributed by atoms with Crippen LogP contribution in [0.1, 0.15) is 22.0 Å². The maximum Gasteiger partial charge on any atom is 0.274 e. The van der Waals surface area contributed by atoms with E-state index in [0.717, 1.165) is 5.65 Å². The lowest BCUT2D eigenvalue weighted by Gasteiger charge is -2.16. The number of imidazole rings is 1. The number of carbonyl (C=O) groups excluding carboxylic acids is 1. The van der Waals surface area contributed by atoms with Gasteiger partial charge in [-0.15, -0.1) is 24.8 Å². The van der Waals surface area contributed by atoms with Crippen molar-refractivity contribution in [1.82, 2.24) is 14.3 Å². The Morgan fingerprint density at radius 2 is 1.81 bits per heavy atom. The van der Waals surface area contributed by atoms with E-state index < -0.39 is 0 Å². The molecule has 7 heteroatoms. The van der Waals surface area contributed by atoms with Crippen LogP contribution in [0, 0.1) is 5.92 Å². The number of benzene rings is 1. The summed E-state index contributed by atoms with van der Waals surface area (Å²) in [5.74, 6) is 0.557. The number of rotatable bonds is 3. The highest BCUT2D eigenvalue weighted by Gasteiger charge is 2.36. The fourth-order valence-corrected chi connectivity index (χ4v) is 3.55. The molecule has 26 heavy (non-hydrogen) atoms. The van der Waals surface area contributed by atoms with E-state index >= 15 is 0 Å². The van der Waals surface area contributed by atoms with Gasteiger partial charge in [0.05, 0.1) is 0 Å². The third-order valence-corrected chi connectivity index (χ3v) is 4.84. The first-order valence-corrected chi connectivity index (χ1v) is 8.24. The molecule has 1 fully saturated rings. The number of hydrogen-bond acceptors (Lipinski definition) is 3. The zero-order valence-electron chi connectivity index (χ0n) is 14.2. The van der Waals surface area contributed by atoms with Crippen LogP contribution in [-0.2, 0) is 0 Å². The summed E-state index contributed by atoms with van der Waals surface area (Å²) in [6.07, 6.45) is 3.70. The third kappa shape index (κ3) is 3.70. The Balaban J connectivity index is 0.00000121. The number of halogens is 2. The van der Waals surface area contributed by atoms with Crippen molar-refractivity contribution in [3.63, 3.8) is 0 Å². The van der Waals surface area contributed by atoms with Crippen LogP contribution in [0.25, 0.3) is 5.65 Å². The smallest absolute Gasteiger partial charge is 0.274 e. The Morgan fingerprint density at radius 3 is 2.50 bits per heavy atom. The summed E-state index contributed by atoms with van der Waals surface area (Å²) in [6.45, 7) is 1.95. The van der Waals surface area contributed by atoms with E-state index in [9.17, 15) is 4.79 Å². The molecule has 0 spiro atoms. The van der Waals surface area contributed by atoms with E-state index in [2.05, 4.69) is 17.1 Å². The van der Waals surface area contributed by atoms with E-state index in [1.807, 2.05) is 51.9 Å². The predicted octanol–water partition coefficient (Wildman–Crippen LogP) is 2.99. The summed E-state index contributed by atoms with van der Waals surface area (Å²) in [4.78, 5) is 19.2. The molecule has 0 aliphatic carbocycles. The molecule has 0 bridgehead atoms. The summed E-state index contributed by atoms with van der Waals surface area (Å²) in [5, 5.41) is 0. The lowest BCUT2D eigenvalue weighted by Crippen LogP contribution is -2.30. The Kier molecular flexibility index (Phi) is 6.64. The van der Waals surface area contributed by atoms with Crippen molar-refractivity contribution in [1.29, 1.82) is 0 Å². The van der Waals surface area contributed by atoms with Crippen molar-refractivity contribution < 1.29 is 4.79 Å². The van der Waals surface area contributed by atoms with Crippen molar-refractivity contribution in [2.75, 3.05) is 19.6 Å². The molecule has 2 N–H and O–H groups in total. The predicted molar refractivity (Wildman–Crippen MR) is 107 cm³/mol. The van der Waals surface area contributed by atoms with Gasteiger partial charge < -0.3 is 15.0 Å². The van der Waals surface area contributed by atoms with Gasteiger partial charge in [-0.1, -0.05) is 36.4 Å². The van der Waals surface area contributed by atoms with Gasteiger partial charge in [0, 0.05) is 31.4 Å². The molecule has 1 amide bonds. The Hall–Kier alpha value is -2.08. The van der Waals surface area contributed by atoms with Gasteiger partial charge in [0.15, 0.2) is 0 Å². The second kappa shape index (κ2) is 8.54. The van der Waals surface area contributed by atoms with Crippen LogP contribution < -0.4 is 5.73 Å². The Labute approximate surface area is 165 Å². The van der Waals surface area contributed by atoms with E-state index in [-0.39, 0.29) is 42.6 Å². The van der Waals surface area contributed by atoms with Crippen molar-refractivity contribution >= 4 is 36.4 Å². The van der Waals surface area contributed by atoms with Crippen LogP contribution in [0.15, 0.2) is 60.9 Å². The molecule has 0 radical (unpaired) electrons. The molecule has 1 aromatic carbocycles. The fourth-order valence-electron chi connectivity index (χ4n) is 3.55. The van der Waals surface area contributed by atoms with Gasteiger partial charge >= 0.3 is 0 Å². The average Bonchev–Trinajstić information content (AvgIpc) is 3.26. The summed E-state index contributed by atoms with van der Waals surface area (Å²) < 4.78 is 1.87. The van der Waals surface area contributed by atoms with Gasteiger partial charge in [-0.2, -0.15) is 0 Å². The average molecular weight is 393 g/mol. The molecule has 4 rings (SSSR count). The summed E-state index contributed by atoms with van der Waals surface area (Å²) in [6, 6.07) is 16.1. The maximum absolute atomic E-state index is 12.9. The molecule has 0 saturated carbocycles. The third-order valence-electron chi connectivity index (χ3n) is 4.84. The maximum atomic E-state index is 12.9. The number of likely N-dealkylation sites (tertiary alicyclic amines) is 1.